The highest BCUT2D eigenvalue weighted by Crippen LogP contribution is 2.13. The topological polar surface area (TPSA) is 52.6 Å². The molecule has 0 radical (unpaired) electrons. The third-order valence-corrected chi connectivity index (χ3v) is 2.90. The number of unbranched alkanes of at least 4 members (excludes halogenated alkanes) is 1. The molecule has 0 aliphatic heterocycles. The van der Waals surface area contributed by atoms with Crippen LogP contribution in [0.25, 0.3) is 0 Å². The van der Waals surface area contributed by atoms with Crippen LogP contribution in [-0.4, -0.2) is 25.0 Å². The summed E-state index contributed by atoms with van der Waals surface area (Å²) in [4.78, 5) is 22.4. The van der Waals surface area contributed by atoms with Gasteiger partial charge in [0.1, 0.15) is 5.75 Å². The number of aryl methyl sites for hydroxylation is 1. The lowest BCUT2D eigenvalue weighted by Crippen LogP contribution is -2.17. The first kappa shape index (κ1) is 16.2. The molecule has 0 bridgehead atoms. The number of esters is 1. The lowest BCUT2D eigenvalue weighted by Gasteiger charge is -2.06. The second-order valence-electron chi connectivity index (χ2n) is 4.45. The van der Waals surface area contributed by atoms with Gasteiger partial charge in [0.25, 0.3) is 0 Å². The van der Waals surface area contributed by atoms with Crippen molar-refractivity contribution in [3.05, 3.63) is 29.8 Å². The fourth-order valence-corrected chi connectivity index (χ4v) is 1.71. The zero-order valence-corrected chi connectivity index (χ0v) is 12.2. The number of benzene rings is 1. The van der Waals surface area contributed by atoms with Crippen molar-refractivity contribution >= 4 is 11.8 Å². The smallest absolute Gasteiger partial charge is 0.374 e. The maximum atomic E-state index is 11.3. The Hall–Kier alpha value is -1.84. The van der Waals surface area contributed by atoms with Crippen LogP contribution in [0.3, 0.4) is 0 Å². The minimum Gasteiger partial charge on any atom is -0.494 e. The quantitative estimate of drug-likeness (QED) is 0.396. The van der Waals surface area contributed by atoms with Crippen molar-refractivity contribution in [1.82, 2.24) is 0 Å². The summed E-state index contributed by atoms with van der Waals surface area (Å²) in [6.07, 6.45) is 2.60. The molecule has 20 heavy (non-hydrogen) atoms. The van der Waals surface area contributed by atoms with Gasteiger partial charge in [0, 0.05) is 6.42 Å². The molecule has 0 saturated carbocycles. The van der Waals surface area contributed by atoms with E-state index < -0.39 is 11.8 Å². The number of carbonyl (C=O) groups excluding carboxylic acids is 2. The molecule has 0 saturated heterocycles. The lowest BCUT2D eigenvalue weighted by molar-refractivity contribution is -0.153. The van der Waals surface area contributed by atoms with E-state index in [-0.39, 0.29) is 13.0 Å². The van der Waals surface area contributed by atoms with E-state index in [9.17, 15) is 9.59 Å². The van der Waals surface area contributed by atoms with Gasteiger partial charge in [-0.1, -0.05) is 19.1 Å². The predicted molar refractivity (Wildman–Crippen MR) is 76.8 cm³/mol. The van der Waals surface area contributed by atoms with Crippen LogP contribution in [0.1, 0.15) is 38.7 Å². The van der Waals surface area contributed by atoms with Crippen molar-refractivity contribution < 1.29 is 19.1 Å². The third-order valence-electron chi connectivity index (χ3n) is 2.90. The van der Waals surface area contributed by atoms with E-state index in [1.165, 1.54) is 5.56 Å². The van der Waals surface area contributed by atoms with Gasteiger partial charge in [-0.2, -0.15) is 0 Å². The summed E-state index contributed by atoms with van der Waals surface area (Å²) >= 11 is 0. The molecular formula is C16H22O4. The second-order valence-corrected chi connectivity index (χ2v) is 4.45. The highest BCUT2D eigenvalue weighted by Gasteiger charge is 2.13. The largest absolute Gasteiger partial charge is 0.494 e. The predicted octanol–water partition coefficient (Wildman–Crippen LogP) is 2.93. The fraction of sp³-hybridized carbons (Fsp3) is 0.500. The van der Waals surface area contributed by atoms with Crippen LogP contribution in [0.15, 0.2) is 24.3 Å². The summed E-state index contributed by atoms with van der Waals surface area (Å²) in [7, 11) is 0. The Morgan fingerprint density at radius 2 is 1.75 bits per heavy atom. The Bertz CT molecular complexity index is 423. The van der Waals surface area contributed by atoms with Crippen LogP contribution in [0, 0.1) is 0 Å². The van der Waals surface area contributed by atoms with Gasteiger partial charge in [-0.05, 0) is 43.9 Å². The van der Waals surface area contributed by atoms with Crippen molar-refractivity contribution in [2.45, 2.75) is 39.5 Å². The van der Waals surface area contributed by atoms with E-state index in [1.807, 2.05) is 24.3 Å². The van der Waals surface area contributed by atoms with Crippen LogP contribution in [0.2, 0.25) is 0 Å². The maximum Gasteiger partial charge on any atom is 0.374 e. The molecule has 0 atom stereocenters. The Morgan fingerprint density at radius 3 is 2.35 bits per heavy atom. The van der Waals surface area contributed by atoms with Gasteiger partial charge in [-0.3, -0.25) is 4.79 Å². The molecule has 110 valence electrons. The molecule has 1 aromatic carbocycles. The monoisotopic (exact) mass is 278 g/mol. The Kier molecular flexibility index (Phi) is 7.40. The molecule has 4 nitrogen and oxygen atoms in total. The van der Waals surface area contributed by atoms with Gasteiger partial charge in [0.05, 0.1) is 13.2 Å². The Labute approximate surface area is 120 Å². The van der Waals surface area contributed by atoms with Crippen molar-refractivity contribution in [3.8, 4) is 5.75 Å². The van der Waals surface area contributed by atoms with Crippen molar-refractivity contribution in [3.63, 3.8) is 0 Å². The number of hydrogen-bond acceptors (Lipinski definition) is 4. The maximum absolute atomic E-state index is 11.3. The number of rotatable bonds is 9. The Morgan fingerprint density at radius 1 is 1.05 bits per heavy atom. The molecule has 0 aromatic heterocycles. The normalized spacial score (nSPS) is 10.1. The number of hydrogen-bond donors (Lipinski definition) is 0. The van der Waals surface area contributed by atoms with Crippen LogP contribution >= 0.6 is 0 Å². The van der Waals surface area contributed by atoms with Crippen LogP contribution in [0.5, 0.6) is 5.75 Å². The summed E-state index contributed by atoms with van der Waals surface area (Å²) in [6, 6.07) is 7.98. The van der Waals surface area contributed by atoms with Crippen molar-refractivity contribution in [2.75, 3.05) is 13.2 Å². The highest BCUT2D eigenvalue weighted by molar-refractivity contribution is 6.33. The van der Waals surface area contributed by atoms with E-state index in [2.05, 4.69) is 11.7 Å². The molecule has 0 spiro atoms. The summed E-state index contributed by atoms with van der Waals surface area (Å²) in [6.45, 7) is 4.57. The van der Waals surface area contributed by atoms with Gasteiger partial charge < -0.3 is 9.47 Å². The van der Waals surface area contributed by atoms with Gasteiger partial charge in [-0.25, -0.2) is 4.79 Å². The van der Waals surface area contributed by atoms with Crippen LogP contribution < -0.4 is 4.74 Å². The summed E-state index contributed by atoms with van der Waals surface area (Å²) < 4.78 is 10.2. The lowest BCUT2D eigenvalue weighted by atomic mass is 10.1. The summed E-state index contributed by atoms with van der Waals surface area (Å²) in [5, 5.41) is 0. The molecular weight excluding hydrogens is 256 g/mol. The second kappa shape index (κ2) is 9.13. The van der Waals surface area contributed by atoms with Gasteiger partial charge in [-0.15, -0.1) is 0 Å². The molecule has 0 N–H and O–H groups in total. The third kappa shape index (κ3) is 5.87. The van der Waals surface area contributed by atoms with Gasteiger partial charge >= 0.3 is 5.97 Å². The first-order valence-electron chi connectivity index (χ1n) is 7.09. The number of Topliss-reactive ketones (excluding diaryl/α,β-unsaturated/α-hetero) is 1. The average Bonchev–Trinajstić information content (AvgIpc) is 2.47. The van der Waals surface area contributed by atoms with Crippen molar-refractivity contribution in [2.24, 2.45) is 0 Å². The van der Waals surface area contributed by atoms with E-state index in [0.29, 0.717) is 13.0 Å². The minimum atomic E-state index is -0.733. The fourth-order valence-electron chi connectivity index (χ4n) is 1.71. The molecule has 0 fully saturated rings. The van der Waals surface area contributed by atoms with E-state index >= 15 is 0 Å². The average molecular weight is 278 g/mol. The standard InChI is InChI=1S/C16H22O4/c1-3-13-8-10-14(11-9-13)20-12-6-5-7-15(17)16(18)19-4-2/h8-11H,3-7,12H2,1-2H3. The van der Waals surface area contributed by atoms with Gasteiger partial charge in [0.15, 0.2) is 0 Å². The SMILES string of the molecule is CCOC(=O)C(=O)CCCCOc1ccc(CC)cc1. The van der Waals surface area contributed by atoms with Crippen molar-refractivity contribution in [1.29, 1.82) is 0 Å². The molecule has 0 unspecified atom stereocenters. The molecule has 4 heteroatoms. The number of ether oxygens (including phenoxy) is 2. The molecule has 0 aliphatic carbocycles. The molecule has 1 rings (SSSR count). The number of carbonyl (C=O) groups is 2. The number of ketones is 1. The summed E-state index contributed by atoms with van der Waals surface area (Å²) in [5.74, 6) is -0.360. The zero-order chi connectivity index (χ0) is 14.8. The van der Waals surface area contributed by atoms with Crippen LogP contribution in [-0.2, 0) is 20.7 Å². The zero-order valence-electron chi connectivity index (χ0n) is 12.2. The van der Waals surface area contributed by atoms with E-state index in [1.54, 1.807) is 6.92 Å². The molecule has 1 aromatic rings. The summed E-state index contributed by atoms with van der Waals surface area (Å²) in [5.41, 5.74) is 1.28. The van der Waals surface area contributed by atoms with E-state index in [0.717, 1.165) is 18.6 Å². The highest BCUT2D eigenvalue weighted by atomic mass is 16.5. The van der Waals surface area contributed by atoms with Gasteiger partial charge in [0.2, 0.25) is 5.78 Å². The Balaban J connectivity index is 2.15. The minimum absolute atomic E-state index is 0.219. The van der Waals surface area contributed by atoms with E-state index in [4.69, 9.17) is 4.74 Å². The molecule has 0 aliphatic rings. The molecule has 0 heterocycles. The first-order valence-corrected chi connectivity index (χ1v) is 7.09. The van der Waals surface area contributed by atoms with Crippen LogP contribution in [0.4, 0.5) is 0 Å². The molecule has 0 amide bonds. The first-order chi connectivity index (χ1) is 9.67.